The van der Waals surface area contributed by atoms with Crippen LogP contribution in [0.2, 0.25) is 0 Å². The highest BCUT2D eigenvalue weighted by molar-refractivity contribution is 4.85. The lowest BCUT2D eigenvalue weighted by Gasteiger charge is -2.38. The lowest BCUT2D eigenvalue weighted by atomic mass is 9.80. The molecule has 0 radical (unpaired) electrons. The number of ether oxygens (including phenoxy) is 1. The van der Waals surface area contributed by atoms with E-state index in [9.17, 15) is 5.11 Å². The van der Waals surface area contributed by atoms with E-state index in [4.69, 9.17) is 4.74 Å². The summed E-state index contributed by atoms with van der Waals surface area (Å²) >= 11 is 0. The third kappa shape index (κ3) is 1.96. The van der Waals surface area contributed by atoms with Crippen LogP contribution in [0.25, 0.3) is 0 Å². The maximum absolute atomic E-state index is 9.59. The van der Waals surface area contributed by atoms with Crippen molar-refractivity contribution in [1.29, 1.82) is 0 Å². The molecule has 0 spiro atoms. The van der Waals surface area contributed by atoms with Crippen LogP contribution in [0.15, 0.2) is 0 Å². The van der Waals surface area contributed by atoms with E-state index < -0.39 is 5.60 Å². The van der Waals surface area contributed by atoms with E-state index in [0.29, 0.717) is 6.61 Å². The molecule has 1 unspecified atom stereocenters. The highest BCUT2D eigenvalue weighted by atomic mass is 16.5. The van der Waals surface area contributed by atoms with Gasteiger partial charge in [0.1, 0.15) is 0 Å². The largest absolute Gasteiger partial charge is 0.388 e. The number of hydrogen-bond donors (Lipinski definition) is 1. The van der Waals surface area contributed by atoms with Crippen LogP contribution in [-0.4, -0.2) is 23.9 Å². The SMILES string of the molecule is CC1(C)COCC(C)(O)C1. The molecule has 0 amide bonds. The van der Waals surface area contributed by atoms with Crippen LogP contribution in [0.5, 0.6) is 0 Å². The van der Waals surface area contributed by atoms with Gasteiger partial charge in [0.15, 0.2) is 0 Å². The summed E-state index contributed by atoms with van der Waals surface area (Å²) in [5, 5.41) is 9.59. The Labute approximate surface area is 62.2 Å². The molecule has 0 bridgehead atoms. The predicted octanol–water partition coefficient (Wildman–Crippen LogP) is 1.18. The number of hydrogen-bond acceptors (Lipinski definition) is 2. The molecule has 1 aliphatic rings. The van der Waals surface area contributed by atoms with Crippen molar-refractivity contribution in [2.24, 2.45) is 5.41 Å². The van der Waals surface area contributed by atoms with Gasteiger partial charge in [-0.15, -0.1) is 0 Å². The van der Waals surface area contributed by atoms with Crippen LogP contribution in [0.4, 0.5) is 0 Å². The predicted molar refractivity (Wildman–Crippen MR) is 39.8 cm³/mol. The second-order valence-electron chi connectivity index (χ2n) is 4.33. The summed E-state index contributed by atoms with van der Waals surface area (Å²) in [7, 11) is 0. The zero-order chi connectivity index (χ0) is 7.83. The molecule has 1 rings (SSSR count). The van der Waals surface area contributed by atoms with E-state index in [0.717, 1.165) is 13.0 Å². The van der Waals surface area contributed by atoms with Gasteiger partial charge in [-0.1, -0.05) is 13.8 Å². The van der Waals surface area contributed by atoms with Gasteiger partial charge in [0, 0.05) is 0 Å². The zero-order valence-electron chi connectivity index (χ0n) is 6.98. The molecular weight excluding hydrogens is 128 g/mol. The van der Waals surface area contributed by atoms with Crippen molar-refractivity contribution in [3.8, 4) is 0 Å². The number of rotatable bonds is 0. The monoisotopic (exact) mass is 144 g/mol. The molecule has 0 aromatic rings. The Morgan fingerprint density at radius 3 is 2.10 bits per heavy atom. The maximum atomic E-state index is 9.59. The summed E-state index contributed by atoms with van der Waals surface area (Å²) in [4.78, 5) is 0. The molecule has 1 atom stereocenters. The zero-order valence-corrected chi connectivity index (χ0v) is 6.98. The normalized spacial score (nSPS) is 39.6. The quantitative estimate of drug-likeness (QED) is 0.553. The molecular formula is C8H16O2. The van der Waals surface area contributed by atoms with E-state index in [1.54, 1.807) is 0 Å². The van der Waals surface area contributed by atoms with Crippen molar-refractivity contribution in [1.82, 2.24) is 0 Å². The lowest BCUT2D eigenvalue weighted by molar-refractivity contribution is -0.123. The average Bonchev–Trinajstić information content (AvgIpc) is 1.56. The molecule has 1 heterocycles. The minimum absolute atomic E-state index is 0.141. The lowest BCUT2D eigenvalue weighted by Crippen LogP contribution is -2.43. The first-order valence-electron chi connectivity index (χ1n) is 3.72. The summed E-state index contributed by atoms with van der Waals surface area (Å²) in [6.45, 7) is 7.30. The van der Waals surface area contributed by atoms with Crippen molar-refractivity contribution in [3.05, 3.63) is 0 Å². The fourth-order valence-electron chi connectivity index (χ4n) is 1.68. The van der Waals surface area contributed by atoms with Gasteiger partial charge in [-0.05, 0) is 18.8 Å². The minimum Gasteiger partial charge on any atom is -0.388 e. The first-order valence-corrected chi connectivity index (χ1v) is 3.72. The Kier molecular flexibility index (Phi) is 1.77. The molecule has 1 saturated heterocycles. The van der Waals surface area contributed by atoms with Gasteiger partial charge in [-0.25, -0.2) is 0 Å². The fraction of sp³-hybridized carbons (Fsp3) is 1.00. The summed E-state index contributed by atoms with van der Waals surface area (Å²) in [5.41, 5.74) is -0.469. The molecule has 60 valence electrons. The van der Waals surface area contributed by atoms with Crippen LogP contribution in [0.3, 0.4) is 0 Å². The summed E-state index contributed by atoms with van der Waals surface area (Å²) in [6, 6.07) is 0. The highest BCUT2D eigenvalue weighted by Crippen LogP contribution is 2.32. The Bertz CT molecular complexity index is 113. The molecule has 0 saturated carbocycles. The molecule has 1 fully saturated rings. The van der Waals surface area contributed by atoms with Gasteiger partial charge in [0.05, 0.1) is 18.8 Å². The fourth-order valence-corrected chi connectivity index (χ4v) is 1.68. The molecule has 2 heteroatoms. The van der Waals surface area contributed by atoms with Crippen molar-refractivity contribution in [3.63, 3.8) is 0 Å². The highest BCUT2D eigenvalue weighted by Gasteiger charge is 2.35. The van der Waals surface area contributed by atoms with Gasteiger partial charge >= 0.3 is 0 Å². The second kappa shape index (κ2) is 2.21. The van der Waals surface area contributed by atoms with Gasteiger partial charge < -0.3 is 9.84 Å². The van der Waals surface area contributed by atoms with Gasteiger partial charge in [0.25, 0.3) is 0 Å². The van der Waals surface area contributed by atoms with Gasteiger partial charge in [0.2, 0.25) is 0 Å². The van der Waals surface area contributed by atoms with Crippen molar-refractivity contribution >= 4 is 0 Å². The van der Waals surface area contributed by atoms with Crippen LogP contribution in [0, 0.1) is 5.41 Å². The molecule has 0 aromatic carbocycles. The smallest absolute Gasteiger partial charge is 0.0858 e. The summed E-state index contributed by atoms with van der Waals surface area (Å²) in [6.07, 6.45) is 0.833. The van der Waals surface area contributed by atoms with Crippen molar-refractivity contribution in [2.45, 2.75) is 32.8 Å². The standard InChI is InChI=1S/C8H16O2/c1-7(2)4-8(3,9)6-10-5-7/h9H,4-6H2,1-3H3. The van der Waals surface area contributed by atoms with Crippen molar-refractivity contribution in [2.75, 3.05) is 13.2 Å². The molecule has 10 heavy (non-hydrogen) atoms. The molecule has 0 aliphatic carbocycles. The molecule has 1 N–H and O–H groups in total. The Balaban J connectivity index is 2.56. The van der Waals surface area contributed by atoms with E-state index in [1.165, 1.54) is 0 Å². The van der Waals surface area contributed by atoms with Crippen LogP contribution < -0.4 is 0 Å². The Morgan fingerprint density at radius 2 is 1.80 bits per heavy atom. The Morgan fingerprint density at radius 1 is 1.20 bits per heavy atom. The Hall–Kier alpha value is -0.0800. The van der Waals surface area contributed by atoms with Crippen LogP contribution in [0.1, 0.15) is 27.2 Å². The van der Waals surface area contributed by atoms with Crippen LogP contribution >= 0.6 is 0 Å². The van der Waals surface area contributed by atoms with Crippen molar-refractivity contribution < 1.29 is 9.84 Å². The third-order valence-corrected chi connectivity index (χ3v) is 1.77. The van der Waals surface area contributed by atoms with Gasteiger partial charge in [-0.2, -0.15) is 0 Å². The minimum atomic E-state index is -0.609. The van der Waals surface area contributed by atoms with E-state index in [2.05, 4.69) is 13.8 Å². The topological polar surface area (TPSA) is 29.5 Å². The molecule has 2 nitrogen and oxygen atoms in total. The van der Waals surface area contributed by atoms with Crippen LogP contribution in [-0.2, 0) is 4.74 Å². The summed E-state index contributed by atoms with van der Waals surface area (Å²) in [5.74, 6) is 0. The van der Waals surface area contributed by atoms with Gasteiger partial charge in [-0.3, -0.25) is 0 Å². The average molecular weight is 144 g/mol. The third-order valence-electron chi connectivity index (χ3n) is 1.77. The summed E-state index contributed by atoms with van der Waals surface area (Å²) < 4.78 is 5.25. The van der Waals surface area contributed by atoms with E-state index in [1.807, 2.05) is 6.92 Å². The number of aliphatic hydroxyl groups is 1. The second-order valence-corrected chi connectivity index (χ2v) is 4.33. The first-order chi connectivity index (χ1) is 4.41. The van der Waals surface area contributed by atoms with E-state index >= 15 is 0 Å². The molecule has 1 aliphatic heterocycles. The maximum Gasteiger partial charge on any atom is 0.0858 e. The van der Waals surface area contributed by atoms with E-state index in [-0.39, 0.29) is 5.41 Å². The first kappa shape index (κ1) is 8.02. The molecule has 0 aromatic heterocycles.